The molecule has 0 saturated carbocycles. The maximum absolute atomic E-state index is 12.9. The minimum Gasteiger partial charge on any atom is -0.461 e. The Hall–Kier alpha value is -5.50. The van der Waals surface area contributed by atoms with Crippen LogP contribution in [0.1, 0.15) is 0 Å². The summed E-state index contributed by atoms with van der Waals surface area (Å²) in [4.78, 5) is 50.4. The fourth-order valence-electron chi connectivity index (χ4n) is 5.34. The van der Waals surface area contributed by atoms with Crippen LogP contribution in [0.4, 0.5) is 0 Å². The number of nitrogens with zero attached hydrogens (tertiary/aromatic N) is 2. The first kappa shape index (κ1) is 26.7. The van der Waals surface area contributed by atoms with Gasteiger partial charge >= 0.3 is 11.9 Å². The first-order chi connectivity index (χ1) is 20.5. The summed E-state index contributed by atoms with van der Waals surface area (Å²) >= 11 is 0. The van der Waals surface area contributed by atoms with E-state index in [1.54, 1.807) is 24.3 Å². The number of carbonyl (C=O) groups excluding carboxylic acids is 2. The lowest BCUT2D eigenvalue weighted by atomic mass is 10.1. The van der Waals surface area contributed by atoms with Gasteiger partial charge in [-0.1, -0.05) is 48.5 Å². The van der Waals surface area contributed by atoms with Crippen molar-refractivity contribution in [2.75, 3.05) is 13.2 Å². The molecule has 0 bridgehead atoms. The van der Waals surface area contributed by atoms with Crippen LogP contribution < -0.4 is 10.9 Å². The van der Waals surface area contributed by atoms with Crippen molar-refractivity contribution < 1.29 is 19.1 Å². The first-order valence-corrected chi connectivity index (χ1v) is 13.5. The molecule has 208 valence electrons. The molecular formula is C34H26N2O6. The van der Waals surface area contributed by atoms with E-state index < -0.39 is 11.9 Å². The summed E-state index contributed by atoms with van der Waals surface area (Å²) in [5.41, 5.74) is 2.91. The standard InChI is InChI=1S/C34H26N2O6/c37-31(41-21-19-35-27-13-5-1-9-23(27)33(39)24-10-2-6-14-28(24)35)17-18-32(38)42-22-20-36-29-15-7-3-11-25(29)34(40)26-12-4-8-16-30(26)36/h1-18H,19-22H2/b18-17+. The van der Waals surface area contributed by atoms with Crippen LogP contribution >= 0.6 is 0 Å². The van der Waals surface area contributed by atoms with Crippen molar-refractivity contribution >= 4 is 55.6 Å². The summed E-state index contributed by atoms with van der Waals surface area (Å²) < 4.78 is 14.6. The van der Waals surface area contributed by atoms with E-state index in [0.29, 0.717) is 34.6 Å². The van der Waals surface area contributed by atoms with Crippen molar-refractivity contribution in [2.24, 2.45) is 0 Å². The quantitative estimate of drug-likeness (QED) is 0.149. The molecule has 0 aliphatic heterocycles. The second kappa shape index (κ2) is 11.5. The average Bonchev–Trinajstić information content (AvgIpc) is 3.03. The zero-order chi connectivity index (χ0) is 29.1. The van der Waals surface area contributed by atoms with Gasteiger partial charge in [0.25, 0.3) is 0 Å². The molecule has 0 aliphatic carbocycles. The maximum Gasteiger partial charge on any atom is 0.331 e. The van der Waals surface area contributed by atoms with Gasteiger partial charge in [0.2, 0.25) is 0 Å². The molecule has 0 atom stereocenters. The van der Waals surface area contributed by atoms with Crippen molar-refractivity contribution in [1.29, 1.82) is 0 Å². The first-order valence-electron chi connectivity index (χ1n) is 13.5. The van der Waals surface area contributed by atoms with Crippen molar-refractivity contribution in [3.63, 3.8) is 0 Å². The van der Waals surface area contributed by atoms with Crippen LogP contribution in [-0.4, -0.2) is 34.3 Å². The number of hydrogen-bond donors (Lipinski definition) is 0. The molecule has 2 heterocycles. The number of para-hydroxylation sites is 4. The summed E-state index contributed by atoms with van der Waals surface area (Å²) in [6.45, 7) is 0.738. The molecule has 6 rings (SSSR count). The fraction of sp³-hybridized carbons (Fsp3) is 0.118. The number of fused-ring (bicyclic) bond motifs is 4. The Labute approximate surface area is 239 Å². The zero-order valence-electron chi connectivity index (χ0n) is 22.6. The third-order valence-electron chi connectivity index (χ3n) is 7.23. The van der Waals surface area contributed by atoms with Gasteiger partial charge in [0.05, 0.1) is 35.2 Å². The van der Waals surface area contributed by atoms with Crippen LogP contribution in [0, 0.1) is 0 Å². The number of carbonyl (C=O) groups is 2. The molecule has 8 nitrogen and oxygen atoms in total. The second-order valence-electron chi connectivity index (χ2n) is 9.70. The summed E-state index contributed by atoms with van der Waals surface area (Å²) in [5, 5.41) is 2.36. The van der Waals surface area contributed by atoms with Crippen molar-refractivity contribution in [1.82, 2.24) is 9.13 Å². The lowest BCUT2D eigenvalue weighted by Gasteiger charge is -2.15. The van der Waals surface area contributed by atoms with Crippen LogP contribution in [0.2, 0.25) is 0 Å². The summed E-state index contributed by atoms with van der Waals surface area (Å²) in [5.74, 6) is -1.36. The highest BCUT2D eigenvalue weighted by Gasteiger charge is 2.12. The number of pyridine rings is 2. The van der Waals surface area contributed by atoms with E-state index in [0.717, 1.165) is 34.2 Å². The summed E-state index contributed by atoms with van der Waals surface area (Å²) in [6, 6.07) is 29.3. The Morgan fingerprint density at radius 1 is 0.500 bits per heavy atom. The van der Waals surface area contributed by atoms with E-state index in [4.69, 9.17) is 9.47 Å². The minimum atomic E-state index is -0.681. The third-order valence-corrected chi connectivity index (χ3v) is 7.23. The normalized spacial score (nSPS) is 11.5. The molecule has 4 aromatic carbocycles. The van der Waals surface area contributed by atoms with Crippen LogP contribution in [0.3, 0.4) is 0 Å². The molecule has 2 aromatic heterocycles. The van der Waals surface area contributed by atoms with E-state index in [1.807, 2.05) is 81.9 Å². The number of esters is 2. The summed E-state index contributed by atoms with van der Waals surface area (Å²) in [6.07, 6.45) is 2.07. The third kappa shape index (κ3) is 5.06. The average molecular weight is 559 g/mol. The largest absolute Gasteiger partial charge is 0.461 e. The topological polar surface area (TPSA) is 96.6 Å². The SMILES string of the molecule is O=C(/C=C/C(=O)OCCn1c2ccccc2c(=O)c2ccccc21)OCCn1c2ccccc2c(=O)c2ccccc21. The number of hydrogen-bond acceptors (Lipinski definition) is 6. The Morgan fingerprint density at radius 2 is 0.786 bits per heavy atom. The Morgan fingerprint density at radius 3 is 1.10 bits per heavy atom. The molecule has 0 unspecified atom stereocenters. The predicted molar refractivity (Wildman–Crippen MR) is 162 cm³/mol. The van der Waals surface area contributed by atoms with E-state index in [2.05, 4.69) is 0 Å². The van der Waals surface area contributed by atoms with Gasteiger partial charge in [0.1, 0.15) is 13.2 Å². The van der Waals surface area contributed by atoms with E-state index >= 15 is 0 Å². The Balaban J connectivity index is 1.08. The van der Waals surface area contributed by atoms with Crippen LogP contribution in [0.15, 0.2) is 119 Å². The molecule has 0 fully saturated rings. The highest BCUT2D eigenvalue weighted by molar-refractivity contribution is 5.95. The van der Waals surface area contributed by atoms with Gasteiger partial charge in [-0.3, -0.25) is 9.59 Å². The molecule has 6 aromatic rings. The van der Waals surface area contributed by atoms with Crippen molar-refractivity contribution in [3.8, 4) is 0 Å². The zero-order valence-corrected chi connectivity index (χ0v) is 22.6. The molecule has 0 aliphatic rings. The predicted octanol–water partition coefficient (Wildman–Crippen LogP) is 4.97. The monoisotopic (exact) mass is 558 g/mol. The van der Waals surface area contributed by atoms with Gasteiger partial charge in [-0.2, -0.15) is 0 Å². The molecule has 42 heavy (non-hydrogen) atoms. The molecule has 0 amide bonds. The van der Waals surface area contributed by atoms with Gasteiger partial charge in [-0.25, -0.2) is 9.59 Å². The van der Waals surface area contributed by atoms with Gasteiger partial charge in [-0.15, -0.1) is 0 Å². The molecule has 0 spiro atoms. The molecule has 0 radical (unpaired) electrons. The van der Waals surface area contributed by atoms with E-state index in [9.17, 15) is 19.2 Å². The number of rotatable bonds is 8. The van der Waals surface area contributed by atoms with Crippen LogP contribution in [0.25, 0.3) is 43.6 Å². The number of benzene rings is 4. The fourth-order valence-corrected chi connectivity index (χ4v) is 5.34. The maximum atomic E-state index is 12.9. The van der Waals surface area contributed by atoms with Crippen LogP contribution in [-0.2, 0) is 32.2 Å². The summed E-state index contributed by atoms with van der Waals surface area (Å²) in [7, 11) is 0. The van der Waals surface area contributed by atoms with Gasteiger partial charge < -0.3 is 18.6 Å². The molecular weight excluding hydrogens is 532 g/mol. The molecule has 0 saturated heterocycles. The molecule has 8 heteroatoms. The second-order valence-corrected chi connectivity index (χ2v) is 9.70. The lowest BCUT2D eigenvalue weighted by molar-refractivity contribution is -0.140. The van der Waals surface area contributed by atoms with Crippen molar-refractivity contribution in [3.05, 3.63) is 130 Å². The smallest absolute Gasteiger partial charge is 0.331 e. The van der Waals surface area contributed by atoms with Crippen molar-refractivity contribution in [2.45, 2.75) is 13.1 Å². The lowest BCUT2D eigenvalue weighted by Crippen LogP contribution is -2.16. The van der Waals surface area contributed by atoms with Crippen LogP contribution in [0.5, 0.6) is 0 Å². The number of ether oxygens (including phenoxy) is 2. The van der Waals surface area contributed by atoms with Gasteiger partial charge in [0.15, 0.2) is 10.9 Å². The Bertz CT molecular complexity index is 1870. The highest BCUT2D eigenvalue weighted by Crippen LogP contribution is 2.20. The Kier molecular flexibility index (Phi) is 7.34. The number of aromatic nitrogens is 2. The minimum absolute atomic E-state index is 0.0432. The van der Waals surface area contributed by atoms with Gasteiger partial charge in [-0.05, 0) is 48.5 Å². The van der Waals surface area contributed by atoms with Gasteiger partial charge in [0, 0.05) is 33.7 Å². The molecule has 0 N–H and O–H groups in total. The van der Waals surface area contributed by atoms with E-state index in [1.165, 1.54) is 0 Å². The highest BCUT2D eigenvalue weighted by atomic mass is 16.5. The van der Waals surface area contributed by atoms with E-state index in [-0.39, 0.29) is 24.1 Å².